The Labute approximate surface area is 345 Å². The molecule has 1 fully saturated rings. The highest BCUT2D eigenvalue weighted by Gasteiger charge is 2.65. The molecule has 12 nitrogen and oxygen atoms in total. The first-order chi connectivity index (χ1) is 28.4. The lowest BCUT2D eigenvalue weighted by Crippen LogP contribution is -2.70. The highest BCUT2D eigenvalue weighted by atomic mass is 35.5. The highest BCUT2D eigenvalue weighted by molar-refractivity contribution is 6.18. The number of alkyl halides is 1. The van der Waals surface area contributed by atoms with E-state index in [-0.39, 0.29) is 82.8 Å². The number of allylic oxidation sites excluding steroid dienone is 1. The number of benzene rings is 3. The molecule has 6 atom stereocenters. The largest absolute Gasteiger partial charge is 0.459 e. The third-order valence-corrected chi connectivity index (χ3v) is 11.6. The first-order valence-corrected chi connectivity index (χ1v) is 20.9. The van der Waals surface area contributed by atoms with Gasteiger partial charge < -0.3 is 43.8 Å². The van der Waals surface area contributed by atoms with Crippen LogP contribution in [0.3, 0.4) is 0 Å². The van der Waals surface area contributed by atoms with Gasteiger partial charge in [0.15, 0.2) is 0 Å². The quantitative estimate of drug-likeness (QED) is 0.0401. The number of hydrogen-bond donors (Lipinski definition) is 3. The summed E-state index contributed by atoms with van der Waals surface area (Å²) in [5, 5.41) is 36.0. The molecule has 1 aliphatic heterocycles. The van der Waals surface area contributed by atoms with Crippen molar-refractivity contribution in [2.24, 2.45) is 22.9 Å². The molecule has 2 aliphatic carbocycles. The van der Waals surface area contributed by atoms with Crippen LogP contribution in [0.5, 0.6) is 17.2 Å². The van der Waals surface area contributed by atoms with Crippen LogP contribution < -0.4 is 9.47 Å². The zero-order chi connectivity index (χ0) is 40.9. The van der Waals surface area contributed by atoms with Crippen LogP contribution >= 0.6 is 11.6 Å². The number of oxime groups is 1. The Balaban J connectivity index is 1.55. The van der Waals surface area contributed by atoms with E-state index in [0.717, 1.165) is 47.6 Å². The summed E-state index contributed by atoms with van der Waals surface area (Å²) >= 11 is 6.00. The molecule has 3 aliphatic rings. The smallest absolute Gasteiger partial charge is 0.410 e. The number of carbonyl (C=O) groups is 1. The maximum Gasteiger partial charge on any atom is 0.410 e. The van der Waals surface area contributed by atoms with Crippen molar-refractivity contribution in [2.75, 3.05) is 65.8 Å². The number of aliphatic hydroxyl groups excluding tert-OH is 3. The van der Waals surface area contributed by atoms with Gasteiger partial charge in [-0.25, -0.2) is 4.79 Å². The van der Waals surface area contributed by atoms with Gasteiger partial charge in [-0.1, -0.05) is 60.5 Å². The van der Waals surface area contributed by atoms with Crippen LogP contribution in [0.2, 0.25) is 0 Å². The molecule has 13 heteroatoms. The second-order valence-electron chi connectivity index (χ2n) is 14.9. The van der Waals surface area contributed by atoms with Crippen molar-refractivity contribution in [1.82, 2.24) is 4.90 Å². The van der Waals surface area contributed by atoms with Gasteiger partial charge in [0.2, 0.25) is 5.79 Å². The van der Waals surface area contributed by atoms with Crippen LogP contribution in [-0.2, 0) is 19.0 Å². The number of nitrogens with zero attached hydrogens (tertiary/aromatic N) is 2. The summed E-state index contributed by atoms with van der Waals surface area (Å²) in [6.45, 7) is 4.41. The molecule has 6 rings (SSSR count). The molecule has 0 radical (unpaired) electrons. The number of fused-ring (bicyclic) bond motifs is 3. The first kappa shape index (κ1) is 43.4. The van der Waals surface area contributed by atoms with E-state index in [1.165, 1.54) is 7.11 Å². The second kappa shape index (κ2) is 21.2. The molecule has 3 aromatic rings. The molecule has 0 aromatic heterocycles. The van der Waals surface area contributed by atoms with Crippen LogP contribution in [0.25, 0.3) is 10.8 Å². The lowest BCUT2D eigenvalue weighted by molar-refractivity contribution is -0.256. The number of hydrogen-bond acceptors (Lipinski definition) is 11. The molecule has 0 bridgehead atoms. The average Bonchev–Trinajstić information content (AvgIpc) is 3.24. The normalized spacial score (nSPS) is 24.0. The van der Waals surface area contributed by atoms with Gasteiger partial charge in [-0.3, -0.25) is 4.90 Å². The maximum atomic E-state index is 14.1. The highest BCUT2D eigenvalue weighted by Crippen LogP contribution is 2.62. The Morgan fingerprint density at radius 1 is 0.966 bits per heavy atom. The molecular weight excluding hydrogens is 764 g/mol. The topological polar surface area (TPSA) is 149 Å². The second-order valence-corrected chi connectivity index (χ2v) is 15.3. The molecule has 1 amide bonds. The van der Waals surface area contributed by atoms with E-state index in [9.17, 15) is 20.1 Å². The fourth-order valence-electron chi connectivity index (χ4n) is 9.10. The number of ether oxygens (including phenoxy) is 5. The Bertz CT molecular complexity index is 1890. The van der Waals surface area contributed by atoms with Crippen LogP contribution in [0, 0.1) is 17.8 Å². The van der Waals surface area contributed by atoms with Crippen molar-refractivity contribution < 1.29 is 48.6 Å². The molecule has 314 valence electrons. The minimum Gasteiger partial charge on any atom is -0.459 e. The van der Waals surface area contributed by atoms with Crippen molar-refractivity contribution in [3.8, 4) is 17.2 Å². The number of carbonyl (C=O) groups excluding carboxylic acids is 1. The van der Waals surface area contributed by atoms with Gasteiger partial charge in [0.05, 0.1) is 43.9 Å². The van der Waals surface area contributed by atoms with Gasteiger partial charge in [-0.15, -0.1) is 18.2 Å². The van der Waals surface area contributed by atoms with E-state index in [1.807, 2.05) is 42.5 Å². The third-order valence-electron chi connectivity index (χ3n) is 11.4. The van der Waals surface area contributed by atoms with Crippen molar-refractivity contribution in [1.29, 1.82) is 0 Å². The van der Waals surface area contributed by atoms with E-state index in [0.29, 0.717) is 35.8 Å². The summed E-state index contributed by atoms with van der Waals surface area (Å²) in [4.78, 5) is 21.2. The van der Waals surface area contributed by atoms with Crippen molar-refractivity contribution in [3.05, 3.63) is 90.5 Å². The minimum atomic E-state index is -1.46. The van der Waals surface area contributed by atoms with Gasteiger partial charge >= 0.3 is 6.09 Å². The summed E-state index contributed by atoms with van der Waals surface area (Å²) in [5.74, 6) is -0.0364. The Morgan fingerprint density at radius 3 is 2.47 bits per heavy atom. The van der Waals surface area contributed by atoms with E-state index in [2.05, 4.69) is 36.0 Å². The number of aliphatic hydroxyl groups is 3. The monoisotopic (exact) mass is 820 g/mol. The number of unbranched alkanes of at least 4 members (excludes halogenated alkanes) is 2. The van der Waals surface area contributed by atoms with Crippen LogP contribution in [0.4, 0.5) is 4.79 Å². The van der Waals surface area contributed by atoms with Crippen LogP contribution in [-0.4, -0.2) is 110 Å². The predicted octanol–water partition coefficient (Wildman–Crippen LogP) is 7.58. The minimum absolute atomic E-state index is 0.00995. The van der Waals surface area contributed by atoms with Crippen molar-refractivity contribution in [2.45, 2.75) is 62.7 Å². The molecule has 0 saturated heterocycles. The summed E-state index contributed by atoms with van der Waals surface area (Å²) in [6.07, 6.45) is 8.07. The standard InChI is InChI=1S/C45H57ClN2O10/c1-3-23-56-45-41(48(19-25-54-26-22-51)44(52)55-24-18-46)30-39(47-53-2)37-28-33(12-6-8-20-49)36(13-7-9-21-50)42(43(37)45)38-29-35(16-17-40(38)58-45)57-34-15-14-31-10-4-5-11-32(31)27-34/h3-5,10-11,14-17,27-29,33,36,41-43,49-51H,1,6-9,12-13,18-26,30H2,2H3. The van der Waals surface area contributed by atoms with E-state index in [4.69, 9.17) is 40.1 Å². The fraction of sp³-hybridized carbons (Fsp3) is 0.511. The molecule has 3 N–H and O–H groups in total. The molecular formula is C45H57ClN2O10. The van der Waals surface area contributed by atoms with E-state index in [1.54, 1.807) is 11.0 Å². The number of halogens is 1. The van der Waals surface area contributed by atoms with Gasteiger partial charge in [-0.05, 0) is 84.2 Å². The molecule has 3 aromatic carbocycles. The fourth-order valence-corrected chi connectivity index (χ4v) is 9.18. The number of rotatable bonds is 22. The summed E-state index contributed by atoms with van der Waals surface area (Å²) in [6, 6.07) is 19.2. The molecule has 1 heterocycles. The molecule has 1 saturated carbocycles. The maximum absolute atomic E-state index is 14.1. The predicted molar refractivity (Wildman–Crippen MR) is 223 cm³/mol. The third kappa shape index (κ3) is 9.65. The lowest BCUT2D eigenvalue weighted by atomic mass is 9.55. The van der Waals surface area contributed by atoms with Crippen LogP contribution in [0.1, 0.15) is 56.4 Å². The zero-order valence-electron chi connectivity index (χ0n) is 33.3. The summed E-state index contributed by atoms with van der Waals surface area (Å²) < 4.78 is 32.1. The SMILES string of the molecule is C=CCOC12Oc3ccc(Oc4ccc5ccccc5c4)cc3C3C(CCCCO)C(CCCCO)C=C(C(=NOC)CC1N(CCOCCO)C(=O)OCCCl)C32. The Hall–Kier alpha value is -4.17. The van der Waals surface area contributed by atoms with Gasteiger partial charge in [-0.2, -0.15) is 0 Å². The first-order valence-electron chi connectivity index (χ1n) is 20.4. The van der Waals surface area contributed by atoms with Gasteiger partial charge in [0.25, 0.3) is 0 Å². The lowest BCUT2D eigenvalue weighted by Gasteiger charge is -2.59. The summed E-state index contributed by atoms with van der Waals surface area (Å²) in [5.41, 5.74) is 2.51. The van der Waals surface area contributed by atoms with Crippen LogP contribution in [0.15, 0.2) is 90.1 Å². The number of amides is 1. The molecule has 0 spiro atoms. The molecule has 6 unspecified atom stereocenters. The van der Waals surface area contributed by atoms with E-state index >= 15 is 0 Å². The molecule has 58 heavy (non-hydrogen) atoms. The Morgan fingerprint density at radius 2 is 1.72 bits per heavy atom. The van der Waals surface area contributed by atoms with Crippen molar-refractivity contribution >= 4 is 34.2 Å². The van der Waals surface area contributed by atoms with Gasteiger partial charge in [0.1, 0.15) is 37.0 Å². The average molecular weight is 821 g/mol. The summed E-state index contributed by atoms with van der Waals surface area (Å²) in [7, 11) is 1.51. The Kier molecular flexibility index (Phi) is 15.9. The van der Waals surface area contributed by atoms with E-state index < -0.39 is 23.8 Å². The van der Waals surface area contributed by atoms with Gasteiger partial charge in [0, 0.05) is 37.7 Å². The zero-order valence-corrected chi connectivity index (χ0v) is 34.1. The van der Waals surface area contributed by atoms with Crippen molar-refractivity contribution in [3.63, 3.8) is 0 Å².